The van der Waals surface area contributed by atoms with Crippen LogP contribution >= 0.6 is 11.3 Å². The van der Waals surface area contributed by atoms with Gasteiger partial charge in [-0.3, -0.25) is 0 Å². The molecule has 4 rings (SSSR count). The Morgan fingerprint density at radius 3 is 2.88 bits per heavy atom. The Bertz CT molecular complexity index is 852. The molecule has 1 aliphatic heterocycles. The minimum absolute atomic E-state index is 0.432. The van der Waals surface area contributed by atoms with E-state index in [0.29, 0.717) is 6.04 Å². The number of thiazole rings is 1. The molecule has 0 unspecified atom stereocenters. The van der Waals surface area contributed by atoms with E-state index in [-0.39, 0.29) is 0 Å². The summed E-state index contributed by atoms with van der Waals surface area (Å²) in [5, 5.41) is 9.32. The first-order chi connectivity index (χ1) is 12.4. The number of benzene rings is 2. The van der Waals surface area contributed by atoms with E-state index in [0.717, 1.165) is 37.4 Å². The smallest absolute Gasteiger partial charge is 0.127 e. The highest BCUT2D eigenvalue weighted by Gasteiger charge is 2.20. The van der Waals surface area contributed by atoms with Crippen LogP contribution in [0.5, 0.6) is 5.75 Å². The molecule has 25 heavy (non-hydrogen) atoms. The summed E-state index contributed by atoms with van der Waals surface area (Å²) < 4.78 is 6.01. The number of hydrogen-bond acceptors (Lipinski definition) is 4. The van der Waals surface area contributed by atoms with Gasteiger partial charge in [-0.05, 0) is 43.3 Å². The number of hydrogen-bond donors (Lipinski definition) is 1. The molecule has 1 atom stereocenters. The van der Waals surface area contributed by atoms with Crippen molar-refractivity contribution in [1.29, 1.82) is 0 Å². The molecular formula is C21H24N2OS. The first-order valence-electron chi connectivity index (χ1n) is 9.20. The van der Waals surface area contributed by atoms with Gasteiger partial charge in [0.1, 0.15) is 10.8 Å². The van der Waals surface area contributed by atoms with Crippen molar-refractivity contribution in [3.8, 4) is 17.0 Å². The molecule has 0 aliphatic carbocycles. The second kappa shape index (κ2) is 7.54. The molecule has 130 valence electrons. The SMILES string of the molecule is CCCCOc1ccc(-c2csc([C@@H]3CCCN3)n2)c2ccccc12. The normalized spacial score (nSPS) is 17.2. The number of ether oxygens (including phenoxy) is 1. The van der Waals surface area contributed by atoms with E-state index in [1.807, 2.05) is 0 Å². The molecule has 3 aromatic rings. The summed E-state index contributed by atoms with van der Waals surface area (Å²) in [6.07, 6.45) is 4.66. The van der Waals surface area contributed by atoms with Gasteiger partial charge in [0.05, 0.1) is 18.3 Å². The molecular weight excluding hydrogens is 328 g/mol. The summed E-state index contributed by atoms with van der Waals surface area (Å²) in [4.78, 5) is 4.93. The lowest BCUT2D eigenvalue weighted by Gasteiger charge is -2.11. The Hall–Kier alpha value is -1.91. The molecule has 0 bridgehead atoms. The van der Waals surface area contributed by atoms with E-state index in [2.05, 4.69) is 54.0 Å². The summed E-state index contributed by atoms with van der Waals surface area (Å²) in [5.74, 6) is 0.973. The van der Waals surface area contributed by atoms with Crippen molar-refractivity contribution in [2.45, 2.75) is 38.6 Å². The average molecular weight is 353 g/mol. The van der Waals surface area contributed by atoms with Gasteiger partial charge in [-0.1, -0.05) is 37.6 Å². The van der Waals surface area contributed by atoms with Crippen LogP contribution in [0.2, 0.25) is 0 Å². The van der Waals surface area contributed by atoms with Crippen molar-refractivity contribution in [3.05, 3.63) is 46.8 Å². The lowest BCUT2D eigenvalue weighted by Crippen LogP contribution is -2.12. The molecule has 4 heteroatoms. The highest BCUT2D eigenvalue weighted by molar-refractivity contribution is 7.10. The largest absolute Gasteiger partial charge is 0.493 e. The predicted molar refractivity (Wildman–Crippen MR) is 105 cm³/mol. The van der Waals surface area contributed by atoms with Crippen LogP contribution in [-0.2, 0) is 0 Å². The minimum atomic E-state index is 0.432. The Morgan fingerprint density at radius 1 is 1.20 bits per heavy atom. The zero-order valence-corrected chi connectivity index (χ0v) is 15.4. The van der Waals surface area contributed by atoms with E-state index >= 15 is 0 Å². The Labute approximate surface area is 153 Å². The third-order valence-electron chi connectivity index (χ3n) is 4.80. The van der Waals surface area contributed by atoms with Crippen LogP contribution in [0.1, 0.15) is 43.7 Å². The average Bonchev–Trinajstić information content (AvgIpc) is 3.33. The molecule has 1 aromatic heterocycles. The number of unbranched alkanes of at least 4 members (excludes halogenated alkanes) is 1. The van der Waals surface area contributed by atoms with Crippen LogP contribution in [0.25, 0.3) is 22.0 Å². The predicted octanol–water partition coefficient (Wildman–Crippen LogP) is 5.57. The van der Waals surface area contributed by atoms with Gasteiger partial charge in [0.25, 0.3) is 0 Å². The Balaban J connectivity index is 1.69. The lowest BCUT2D eigenvalue weighted by molar-refractivity contribution is 0.313. The maximum absolute atomic E-state index is 6.01. The van der Waals surface area contributed by atoms with Crippen LogP contribution in [0.4, 0.5) is 0 Å². The Kier molecular flexibility index (Phi) is 4.99. The number of nitrogens with zero attached hydrogens (tertiary/aromatic N) is 1. The number of fused-ring (bicyclic) bond motifs is 1. The van der Waals surface area contributed by atoms with Gasteiger partial charge >= 0.3 is 0 Å². The second-order valence-electron chi connectivity index (χ2n) is 6.58. The molecule has 3 nitrogen and oxygen atoms in total. The van der Waals surface area contributed by atoms with Crippen LogP contribution in [-0.4, -0.2) is 18.1 Å². The molecule has 0 saturated carbocycles. The van der Waals surface area contributed by atoms with Crippen molar-refractivity contribution in [1.82, 2.24) is 10.3 Å². The molecule has 0 amide bonds. The van der Waals surface area contributed by atoms with E-state index < -0.39 is 0 Å². The maximum Gasteiger partial charge on any atom is 0.127 e. The zero-order valence-electron chi connectivity index (χ0n) is 14.6. The minimum Gasteiger partial charge on any atom is -0.493 e. The summed E-state index contributed by atoms with van der Waals surface area (Å²) in [7, 11) is 0. The summed E-state index contributed by atoms with van der Waals surface area (Å²) in [6, 6.07) is 13.2. The molecule has 1 N–H and O–H groups in total. The van der Waals surface area contributed by atoms with Crippen molar-refractivity contribution in [2.24, 2.45) is 0 Å². The monoisotopic (exact) mass is 352 g/mol. The van der Waals surface area contributed by atoms with Crippen LogP contribution < -0.4 is 10.1 Å². The van der Waals surface area contributed by atoms with E-state index in [9.17, 15) is 0 Å². The van der Waals surface area contributed by atoms with Gasteiger partial charge < -0.3 is 10.1 Å². The third kappa shape index (κ3) is 3.42. The molecule has 1 saturated heterocycles. The van der Waals surface area contributed by atoms with Crippen molar-refractivity contribution in [2.75, 3.05) is 13.2 Å². The molecule has 0 radical (unpaired) electrons. The molecule has 0 spiro atoms. The van der Waals surface area contributed by atoms with Gasteiger partial charge in [-0.15, -0.1) is 11.3 Å². The number of nitrogens with one attached hydrogen (secondary N) is 1. The topological polar surface area (TPSA) is 34.1 Å². The van der Waals surface area contributed by atoms with Crippen LogP contribution in [0.3, 0.4) is 0 Å². The lowest BCUT2D eigenvalue weighted by atomic mass is 10.0. The zero-order chi connectivity index (χ0) is 17.1. The van der Waals surface area contributed by atoms with Crippen molar-refractivity contribution >= 4 is 22.1 Å². The third-order valence-corrected chi connectivity index (χ3v) is 5.75. The molecule has 1 fully saturated rings. The summed E-state index contributed by atoms with van der Waals surface area (Å²) in [6.45, 7) is 4.06. The van der Waals surface area contributed by atoms with Gasteiger partial charge in [0.15, 0.2) is 0 Å². The first kappa shape index (κ1) is 16.6. The standard InChI is InChI=1S/C21H24N2OS/c1-2-3-13-24-20-11-10-16(15-7-4-5-8-17(15)20)19-14-25-21(23-19)18-9-6-12-22-18/h4-5,7-8,10-11,14,18,22H,2-3,6,9,12-13H2,1H3/t18-/m0/s1. The van der Waals surface area contributed by atoms with Gasteiger partial charge in [0, 0.05) is 16.3 Å². The fraction of sp³-hybridized carbons (Fsp3) is 0.381. The fourth-order valence-corrected chi connectivity index (χ4v) is 4.34. The van der Waals surface area contributed by atoms with E-state index in [1.54, 1.807) is 11.3 Å². The van der Waals surface area contributed by atoms with Crippen molar-refractivity contribution in [3.63, 3.8) is 0 Å². The molecule has 2 heterocycles. The van der Waals surface area contributed by atoms with E-state index in [1.165, 1.54) is 34.2 Å². The molecule has 2 aromatic carbocycles. The van der Waals surface area contributed by atoms with E-state index in [4.69, 9.17) is 9.72 Å². The number of aromatic nitrogens is 1. The fourth-order valence-electron chi connectivity index (χ4n) is 3.41. The second-order valence-corrected chi connectivity index (χ2v) is 7.47. The van der Waals surface area contributed by atoms with Gasteiger partial charge in [-0.2, -0.15) is 0 Å². The number of rotatable bonds is 6. The maximum atomic E-state index is 6.01. The quantitative estimate of drug-likeness (QED) is 0.589. The van der Waals surface area contributed by atoms with Crippen LogP contribution in [0, 0.1) is 0 Å². The van der Waals surface area contributed by atoms with Crippen molar-refractivity contribution < 1.29 is 4.74 Å². The van der Waals surface area contributed by atoms with Crippen LogP contribution in [0.15, 0.2) is 41.8 Å². The van der Waals surface area contributed by atoms with Gasteiger partial charge in [-0.25, -0.2) is 4.98 Å². The summed E-state index contributed by atoms with van der Waals surface area (Å²) in [5.41, 5.74) is 2.27. The summed E-state index contributed by atoms with van der Waals surface area (Å²) >= 11 is 1.77. The highest BCUT2D eigenvalue weighted by atomic mass is 32.1. The first-order valence-corrected chi connectivity index (χ1v) is 10.1. The Morgan fingerprint density at radius 2 is 2.08 bits per heavy atom. The van der Waals surface area contributed by atoms with Gasteiger partial charge in [0.2, 0.25) is 0 Å². The molecule has 1 aliphatic rings. The highest BCUT2D eigenvalue weighted by Crippen LogP contribution is 2.36.